The fraction of sp³-hybridized carbons (Fsp3) is 0.250. The number of hydrogen-bond donors (Lipinski definition) is 1. The van der Waals surface area contributed by atoms with E-state index in [0.717, 1.165) is 11.3 Å². The molecule has 144 valence electrons. The molecule has 1 atom stereocenters. The van der Waals surface area contributed by atoms with Crippen molar-refractivity contribution in [2.24, 2.45) is 11.0 Å². The molecule has 2 heterocycles. The van der Waals surface area contributed by atoms with Gasteiger partial charge in [-0.1, -0.05) is 19.1 Å². The molecule has 0 fully saturated rings. The minimum atomic E-state index is -0.536. The molecule has 1 aromatic heterocycles. The van der Waals surface area contributed by atoms with Gasteiger partial charge in [0.25, 0.3) is 5.91 Å². The van der Waals surface area contributed by atoms with E-state index in [1.54, 1.807) is 19.2 Å². The van der Waals surface area contributed by atoms with Gasteiger partial charge in [-0.2, -0.15) is 5.10 Å². The Balaban J connectivity index is 1.74. The highest BCUT2D eigenvalue weighted by Gasteiger charge is 2.25. The first-order chi connectivity index (χ1) is 13.4. The van der Waals surface area contributed by atoms with Crippen LogP contribution in [0, 0.1) is 5.92 Å². The molecule has 0 saturated carbocycles. The van der Waals surface area contributed by atoms with E-state index in [-0.39, 0.29) is 23.1 Å². The Hall–Kier alpha value is -3.55. The van der Waals surface area contributed by atoms with Gasteiger partial charge in [-0.25, -0.2) is 9.80 Å². The van der Waals surface area contributed by atoms with Crippen molar-refractivity contribution in [3.8, 4) is 0 Å². The van der Waals surface area contributed by atoms with Crippen LogP contribution in [0.4, 0.5) is 5.69 Å². The summed E-state index contributed by atoms with van der Waals surface area (Å²) in [6, 6.07) is 10.0. The number of carbonyl (C=O) groups is 3. The second-order valence-corrected chi connectivity index (χ2v) is 6.46. The fourth-order valence-electron chi connectivity index (χ4n) is 2.87. The zero-order valence-electron chi connectivity index (χ0n) is 15.8. The van der Waals surface area contributed by atoms with Crippen LogP contribution in [-0.4, -0.2) is 47.6 Å². The Morgan fingerprint density at radius 3 is 2.61 bits per heavy atom. The molecule has 1 aliphatic rings. The predicted octanol–water partition coefficient (Wildman–Crippen LogP) is 2.32. The van der Waals surface area contributed by atoms with Crippen molar-refractivity contribution < 1.29 is 19.1 Å². The lowest BCUT2D eigenvalue weighted by Gasteiger charge is -2.24. The molecule has 0 radical (unpaired) electrons. The van der Waals surface area contributed by atoms with Gasteiger partial charge in [0.15, 0.2) is 0 Å². The molecule has 1 N–H and O–H groups in total. The highest BCUT2D eigenvalue weighted by Crippen LogP contribution is 2.21. The topological polar surface area (TPSA) is 101 Å². The van der Waals surface area contributed by atoms with Crippen LogP contribution in [0.5, 0.6) is 0 Å². The first-order valence-electron chi connectivity index (χ1n) is 8.70. The number of amides is 2. The third-order valence-corrected chi connectivity index (χ3v) is 4.42. The van der Waals surface area contributed by atoms with Gasteiger partial charge in [0.2, 0.25) is 5.91 Å². The van der Waals surface area contributed by atoms with Crippen LogP contribution >= 0.6 is 0 Å². The summed E-state index contributed by atoms with van der Waals surface area (Å²) < 4.78 is 4.65. The van der Waals surface area contributed by atoms with E-state index in [4.69, 9.17) is 0 Å². The van der Waals surface area contributed by atoms with E-state index in [1.807, 2.05) is 19.1 Å². The van der Waals surface area contributed by atoms with E-state index >= 15 is 0 Å². The van der Waals surface area contributed by atoms with Crippen LogP contribution in [-0.2, 0) is 9.53 Å². The standard InChI is InChI=1S/C20H20N4O4/c1-12-10-17(25)24(2)23-18(12)13-4-6-15(7-5-13)22-19(26)16-11-14(8-9-21-16)20(27)28-3/h4-9,11-12H,10H2,1-3H3,(H,22,26). The summed E-state index contributed by atoms with van der Waals surface area (Å²) >= 11 is 0. The van der Waals surface area contributed by atoms with Crippen LogP contribution in [0.15, 0.2) is 47.7 Å². The normalized spacial score (nSPS) is 16.4. The van der Waals surface area contributed by atoms with Gasteiger partial charge in [0, 0.05) is 31.3 Å². The molecular formula is C20H20N4O4. The van der Waals surface area contributed by atoms with Crippen molar-refractivity contribution in [3.63, 3.8) is 0 Å². The number of aromatic nitrogens is 1. The molecule has 2 aromatic rings. The van der Waals surface area contributed by atoms with Crippen molar-refractivity contribution in [2.75, 3.05) is 19.5 Å². The largest absolute Gasteiger partial charge is 0.465 e. The van der Waals surface area contributed by atoms with E-state index in [2.05, 4.69) is 20.1 Å². The summed E-state index contributed by atoms with van der Waals surface area (Å²) in [5.41, 5.74) is 2.65. The van der Waals surface area contributed by atoms with E-state index < -0.39 is 11.9 Å². The number of esters is 1. The molecule has 3 rings (SSSR count). The highest BCUT2D eigenvalue weighted by molar-refractivity contribution is 6.07. The Labute approximate surface area is 162 Å². The quantitative estimate of drug-likeness (QED) is 0.821. The molecule has 1 aliphatic heterocycles. The fourth-order valence-corrected chi connectivity index (χ4v) is 2.87. The van der Waals surface area contributed by atoms with Crippen LogP contribution in [0.1, 0.15) is 39.8 Å². The van der Waals surface area contributed by atoms with E-state index in [1.165, 1.54) is 30.4 Å². The monoisotopic (exact) mass is 380 g/mol. The number of anilines is 1. The summed E-state index contributed by atoms with van der Waals surface area (Å²) in [5, 5.41) is 8.44. The van der Waals surface area contributed by atoms with Crippen LogP contribution in [0.2, 0.25) is 0 Å². The molecule has 0 saturated heterocycles. The summed E-state index contributed by atoms with van der Waals surface area (Å²) in [5.74, 6) is -0.963. The SMILES string of the molecule is COC(=O)c1ccnc(C(=O)Nc2ccc(C3=NN(C)C(=O)CC3C)cc2)c1. The summed E-state index contributed by atoms with van der Waals surface area (Å²) in [7, 11) is 2.91. The Kier molecular flexibility index (Phi) is 5.49. The molecule has 0 spiro atoms. The summed E-state index contributed by atoms with van der Waals surface area (Å²) in [4.78, 5) is 39.7. The molecule has 2 amide bonds. The van der Waals surface area contributed by atoms with Crippen LogP contribution < -0.4 is 5.32 Å². The molecule has 8 heteroatoms. The second kappa shape index (κ2) is 7.99. The number of hydrazone groups is 1. The average Bonchev–Trinajstić information content (AvgIpc) is 2.71. The lowest BCUT2D eigenvalue weighted by atomic mass is 9.94. The highest BCUT2D eigenvalue weighted by atomic mass is 16.5. The second-order valence-electron chi connectivity index (χ2n) is 6.46. The summed E-state index contributed by atoms with van der Waals surface area (Å²) in [6.45, 7) is 1.96. The maximum Gasteiger partial charge on any atom is 0.337 e. The maximum atomic E-state index is 12.4. The van der Waals surface area contributed by atoms with Crippen molar-refractivity contribution in [2.45, 2.75) is 13.3 Å². The Bertz CT molecular complexity index is 953. The van der Waals surface area contributed by atoms with Gasteiger partial charge in [-0.15, -0.1) is 0 Å². The first kappa shape index (κ1) is 19.2. The molecule has 0 bridgehead atoms. The lowest BCUT2D eigenvalue weighted by Crippen LogP contribution is -2.33. The van der Waals surface area contributed by atoms with Gasteiger partial charge < -0.3 is 10.1 Å². The predicted molar refractivity (Wildman–Crippen MR) is 103 cm³/mol. The Morgan fingerprint density at radius 1 is 1.21 bits per heavy atom. The number of ether oxygens (including phenoxy) is 1. The number of nitrogens with one attached hydrogen (secondary N) is 1. The zero-order chi connectivity index (χ0) is 20.3. The number of pyridine rings is 1. The molecule has 28 heavy (non-hydrogen) atoms. The number of benzene rings is 1. The van der Waals surface area contributed by atoms with E-state index in [9.17, 15) is 14.4 Å². The number of hydrogen-bond acceptors (Lipinski definition) is 6. The van der Waals surface area contributed by atoms with Crippen molar-refractivity contribution in [3.05, 3.63) is 59.4 Å². The average molecular weight is 380 g/mol. The van der Waals surface area contributed by atoms with Crippen molar-refractivity contribution in [1.29, 1.82) is 0 Å². The van der Waals surface area contributed by atoms with Crippen LogP contribution in [0.25, 0.3) is 0 Å². The third-order valence-electron chi connectivity index (χ3n) is 4.42. The Morgan fingerprint density at radius 2 is 1.93 bits per heavy atom. The minimum absolute atomic E-state index is 0.0122. The smallest absolute Gasteiger partial charge is 0.337 e. The molecular weight excluding hydrogens is 360 g/mol. The van der Waals surface area contributed by atoms with Crippen LogP contribution in [0.3, 0.4) is 0 Å². The molecule has 1 unspecified atom stereocenters. The van der Waals surface area contributed by atoms with Crippen molar-refractivity contribution >= 4 is 29.2 Å². The summed E-state index contributed by atoms with van der Waals surface area (Å²) in [6.07, 6.45) is 1.79. The zero-order valence-corrected chi connectivity index (χ0v) is 15.8. The van der Waals surface area contributed by atoms with Gasteiger partial charge in [-0.05, 0) is 29.8 Å². The van der Waals surface area contributed by atoms with Crippen molar-refractivity contribution in [1.82, 2.24) is 9.99 Å². The lowest BCUT2D eigenvalue weighted by molar-refractivity contribution is -0.131. The molecule has 8 nitrogen and oxygen atoms in total. The number of nitrogens with zero attached hydrogens (tertiary/aromatic N) is 3. The first-order valence-corrected chi connectivity index (χ1v) is 8.70. The van der Waals surface area contributed by atoms with Gasteiger partial charge >= 0.3 is 5.97 Å². The maximum absolute atomic E-state index is 12.4. The van der Waals surface area contributed by atoms with E-state index in [0.29, 0.717) is 12.1 Å². The van der Waals surface area contributed by atoms with Gasteiger partial charge in [0.1, 0.15) is 5.69 Å². The number of methoxy groups -OCH3 is 1. The molecule has 0 aliphatic carbocycles. The molecule has 1 aromatic carbocycles. The number of rotatable bonds is 4. The van der Waals surface area contributed by atoms with Gasteiger partial charge in [0.05, 0.1) is 18.4 Å². The minimum Gasteiger partial charge on any atom is -0.465 e. The van der Waals surface area contributed by atoms with Gasteiger partial charge in [-0.3, -0.25) is 14.6 Å². The number of carbonyl (C=O) groups excluding carboxylic acids is 3. The third kappa shape index (κ3) is 4.06.